The van der Waals surface area contributed by atoms with E-state index in [0.717, 1.165) is 17.7 Å². The maximum Gasteiger partial charge on any atom is 0.262 e. The lowest BCUT2D eigenvalue weighted by molar-refractivity contribution is -0.118. The maximum absolute atomic E-state index is 12.0. The molecule has 1 heterocycles. The molecule has 3 aromatic rings. The number of pyridine rings is 1. The van der Waals surface area contributed by atoms with Crippen molar-refractivity contribution < 1.29 is 9.53 Å². The monoisotopic (exact) mass is 352 g/mol. The van der Waals surface area contributed by atoms with E-state index in [1.54, 1.807) is 30.6 Å². The molecule has 2 aromatic carbocycles. The van der Waals surface area contributed by atoms with Gasteiger partial charge in [0.2, 0.25) is 0 Å². The Hall–Kier alpha value is -2.85. The fourth-order valence-electron chi connectivity index (χ4n) is 2.34. The SMILES string of the molecule is O=C(COc1ccccc1Cl)Nc1ccc(Cc2ccncc2)cc1. The molecule has 0 saturated carbocycles. The zero-order chi connectivity index (χ0) is 17.5. The molecule has 0 aliphatic heterocycles. The van der Waals surface area contributed by atoms with Crippen LogP contribution >= 0.6 is 11.6 Å². The average Bonchev–Trinajstić information content (AvgIpc) is 2.64. The Kier molecular flexibility index (Phi) is 5.65. The van der Waals surface area contributed by atoms with E-state index in [-0.39, 0.29) is 12.5 Å². The molecule has 0 radical (unpaired) electrons. The lowest BCUT2D eigenvalue weighted by Crippen LogP contribution is -2.20. The summed E-state index contributed by atoms with van der Waals surface area (Å²) in [4.78, 5) is 16.0. The zero-order valence-electron chi connectivity index (χ0n) is 13.5. The predicted octanol–water partition coefficient (Wildman–Crippen LogP) is 4.34. The third-order valence-corrected chi connectivity index (χ3v) is 3.90. The van der Waals surface area contributed by atoms with Gasteiger partial charge in [-0.25, -0.2) is 0 Å². The molecule has 0 saturated heterocycles. The van der Waals surface area contributed by atoms with Gasteiger partial charge in [-0.15, -0.1) is 0 Å². The number of anilines is 1. The van der Waals surface area contributed by atoms with E-state index in [0.29, 0.717) is 10.8 Å². The standard InChI is InChI=1S/C20H17ClN2O2/c21-18-3-1-2-4-19(18)25-14-20(24)23-17-7-5-15(6-8-17)13-16-9-11-22-12-10-16/h1-12H,13-14H2,(H,23,24). The molecule has 5 heteroatoms. The van der Waals surface area contributed by atoms with Crippen LogP contribution in [0.2, 0.25) is 5.02 Å². The summed E-state index contributed by atoms with van der Waals surface area (Å²) in [6.45, 7) is -0.0947. The minimum Gasteiger partial charge on any atom is -0.482 e. The molecule has 25 heavy (non-hydrogen) atoms. The number of benzene rings is 2. The predicted molar refractivity (Wildman–Crippen MR) is 99.1 cm³/mol. The van der Waals surface area contributed by atoms with Crippen LogP contribution in [0, 0.1) is 0 Å². The van der Waals surface area contributed by atoms with Crippen molar-refractivity contribution in [3.05, 3.63) is 89.2 Å². The van der Waals surface area contributed by atoms with Gasteiger partial charge in [-0.1, -0.05) is 35.9 Å². The largest absolute Gasteiger partial charge is 0.482 e. The number of aromatic nitrogens is 1. The third kappa shape index (κ3) is 5.06. The van der Waals surface area contributed by atoms with Gasteiger partial charge in [0.1, 0.15) is 5.75 Å². The number of rotatable bonds is 6. The number of ether oxygens (including phenoxy) is 1. The number of para-hydroxylation sites is 1. The number of nitrogens with one attached hydrogen (secondary N) is 1. The highest BCUT2D eigenvalue weighted by molar-refractivity contribution is 6.32. The fraction of sp³-hybridized carbons (Fsp3) is 0.100. The lowest BCUT2D eigenvalue weighted by Gasteiger charge is -2.09. The Morgan fingerprint density at radius 1 is 0.960 bits per heavy atom. The quantitative estimate of drug-likeness (QED) is 0.717. The summed E-state index contributed by atoms with van der Waals surface area (Å²) >= 11 is 5.99. The summed E-state index contributed by atoms with van der Waals surface area (Å²) in [5.74, 6) is 0.258. The number of hydrogen-bond acceptors (Lipinski definition) is 3. The molecule has 0 aliphatic rings. The van der Waals surface area contributed by atoms with Crippen molar-refractivity contribution in [1.29, 1.82) is 0 Å². The van der Waals surface area contributed by atoms with E-state index in [2.05, 4.69) is 10.3 Å². The number of halogens is 1. The zero-order valence-corrected chi connectivity index (χ0v) is 14.2. The molecule has 1 aromatic heterocycles. The average molecular weight is 353 g/mol. The molecule has 0 fully saturated rings. The van der Waals surface area contributed by atoms with Crippen LogP contribution in [0.4, 0.5) is 5.69 Å². The van der Waals surface area contributed by atoms with Gasteiger partial charge < -0.3 is 10.1 Å². The van der Waals surface area contributed by atoms with Crippen LogP contribution in [0.25, 0.3) is 0 Å². The first-order valence-corrected chi connectivity index (χ1v) is 8.23. The Morgan fingerprint density at radius 2 is 1.64 bits per heavy atom. The van der Waals surface area contributed by atoms with Crippen molar-refractivity contribution in [3.8, 4) is 5.75 Å². The Labute approximate surface area is 151 Å². The lowest BCUT2D eigenvalue weighted by atomic mass is 10.1. The van der Waals surface area contributed by atoms with Crippen LogP contribution in [0.1, 0.15) is 11.1 Å². The molecular weight excluding hydrogens is 336 g/mol. The van der Waals surface area contributed by atoms with Crippen molar-refractivity contribution in [3.63, 3.8) is 0 Å². The van der Waals surface area contributed by atoms with Crippen molar-refractivity contribution >= 4 is 23.2 Å². The second-order valence-corrected chi connectivity index (χ2v) is 5.90. The molecule has 0 bridgehead atoms. The smallest absolute Gasteiger partial charge is 0.262 e. The second kappa shape index (κ2) is 8.31. The first-order valence-electron chi connectivity index (χ1n) is 7.86. The molecule has 3 rings (SSSR count). The molecule has 0 aliphatic carbocycles. The van der Waals surface area contributed by atoms with E-state index < -0.39 is 0 Å². The molecule has 0 spiro atoms. The van der Waals surface area contributed by atoms with E-state index in [1.807, 2.05) is 42.5 Å². The minimum atomic E-state index is -0.234. The second-order valence-electron chi connectivity index (χ2n) is 5.50. The number of nitrogens with zero attached hydrogens (tertiary/aromatic N) is 1. The van der Waals surface area contributed by atoms with E-state index in [9.17, 15) is 4.79 Å². The van der Waals surface area contributed by atoms with Gasteiger partial charge in [-0.2, -0.15) is 0 Å². The molecule has 126 valence electrons. The van der Waals surface area contributed by atoms with Crippen LogP contribution in [-0.4, -0.2) is 17.5 Å². The number of carbonyl (C=O) groups excluding carboxylic acids is 1. The summed E-state index contributed by atoms with van der Waals surface area (Å²) in [5.41, 5.74) is 3.09. The summed E-state index contributed by atoms with van der Waals surface area (Å²) in [7, 11) is 0. The van der Waals surface area contributed by atoms with Crippen molar-refractivity contribution in [2.75, 3.05) is 11.9 Å². The van der Waals surface area contributed by atoms with Gasteiger partial charge in [0, 0.05) is 18.1 Å². The number of amides is 1. The third-order valence-electron chi connectivity index (χ3n) is 3.59. The van der Waals surface area contributed by atoms with Gasteiger partial charge in [-0.3, -0.25) is 9.78 Å². The first-order chi connectivity index (χ1) is 12.2. The summed E-state index contributed by atoms with van der Waals surface area (Å²) in [6, 6.07) is 18.8. The summed E-state index contributed by atoms with van der Waals surface area (Å²) in [5, 5.41) is 3.29. The molecule has 1 amide bonds. The van der Waals surface area contributed by atoms with Crippen LogP contribution < -0.4 is 10.1 Å². The highest BCUT2D eigenvalue weighted by atomic mass is 35.5. The van der Waals surface area contributed by atoms with Crippen molar-refractivity contribution in [2.45, 2.75) is 6.42 Å². The highest BCUT2D eigenvalue weighted by Gasteiger charge is 2.06. The Morgan fingerprint density at radius 3 is 2.36 bits per heavy atom. The van der Waals surface area contributed by atoms with Gasteiger partial charge in [-0.05, 0) is 53.9 Å². The van der Waals surface area contributed by atoms with Crippen molar-refractivity contribution in [2.24, 2.45) is 0 Å². The maximum atomic E-state index is 12.0. The van der Waals surface area contributed by atoms with Crippen LogP contribution in [-0.2, 0) is 11.2 Å². The first kappa shape index (κ1) is 17.0. The highest BCUT2D eigenvalue weighted by Crippen LogP contribution is 2.23. The van der Waals surface area contributed by atoms with Gasteiger partial charge in [0.05, 0.1) is 5.02 Å². The van der Waals surface area contributed by atoms with Gasteiger partial charge in [0.15, 0.2) is 6.61 Å². The molecule has 4 nitrogen and oxygen atoms in total. The van der Waals surface area contributed by atoms with Gasteiger partial charge >= 0.3 is 0 Å². The van der Waals surface area contributed by atoms with Crippen LogP contribution in [0.3, 0.4) is 0 Å². The Bertz CT molecular complexity index is 836. The van der Waals surface area contributed by atoms with Crippen LogP contribution in [0.15, 0.2) is 73.1 Å². The molecular formula is C20H17ClN2O2. The van der Waals surface area contributed by atoms with Gasteiger partial charge in [0.25, 0.3) is 5.91 Å². The molecule has 0 atom stereocenters. The van der Waals surface area contributed by atoms with E-state index >= 15 is 0 Å². The fourth-order valence-corrected chi connectivity index (χ4v) is 2.53. The Balaban J connectivity index is 1.52. The van der Waals surface area contributed by atoms with Crippen molar-refractivity contribution in [1.82, 2.24) is 4.98 Å². The topological polar surface area (TPSA) is 51.2 Å². The minimum absolute atomic E-state index is 0.0947. The van der Waals surface area contributed by atoms with Crippen LogP contribution in [0.5, 0.6) is 5.75 Å². The summed E-state index contributed by atoms with van der Waals surface area (Å²) < 4.78 is 5.42. The van der Waals surface area contributed by atoms with E-state index in [4.69, 9.17) is 16.3 Å². The number of hydrogen-bond donors (Lipinski definition) is 1. The summed E-state index contributed by atoms with van der Waals surface area (Å²) in [6.07, 6.45) is 4.39. The normalized spacial score (nSPS) is 10.3. The molecule has 0 unspecified atom stereocenters. The molecule has 1 N–H and O–H groups in total. The number of carbonyl (C=O) groups is 1. The van der Waals surface area contributed by atoms with E-state index in [1.165, 1.54) is 5.56 Å².